The summed E-state index contributed by atoms with van der Waals surface area (Å²) in [5.41, 5.74) is 0.918. The fraction of sp³-hybridized carbons (Fsp3) is 0.353. The zero-order valence-electron chi connectivity index (χ0n) is 13.9. The molecular formula is C17H21N3O4. The van der Waals surface area contributed by atoms with Crippen molar-refractivity contribution in [3.05, 3.63) is 36.0 Å². The summed E-state index contributed by atoms with van der Waals surface area (Å²) in [6.07, 6.45) is 1.20. The fourth-order valence-corrected chi connectivity index (χ4v) is 2.02. The van der Waals surface area contributed by atoms with Gasteiger partial charge in [0.2, 0.25) is 5.91 Å². The average molecular weight is 331 g/mol. The lowest BCUT2D eigenvalue weighted by Gasteiger charge is -2.18. The molecule has 1 aromatic carbocycles. The molecule has 1 aliphatic heterocycles. The molecule has 0 radical (unpaired) electrons. The highest BCUT2D eigenvalue weighted by molar-refractivity contribution is 6.17. The lowest BCUT2D eigenvalue weighted by molar-refractivity contribution is -0.137. The van der Waals surface area contributed by atoms with Crippen molar-refractivity contribution >= 4 is 29.1 Å². The van der Waals surface area contributed by atoms with E-state index in [1.807, 2.05) is 20.8 Å². The van der Waals surface area contributed by atoms with Gasteiger partial charge in [0.1, 0.15) is 5.70 Å². The van der Waals surface area contributed by atoms with E-state index < -0.39 is 17.2 Å². The number of anilines is 2. The van der Waals surface area contributed by atoms with Crippen molar-refractivity contribution in [2.45, 2.75) is 20.8 Å². The molecule has 1 aliphatic rings. The van der Waals surface area contributed by atoms with Crippen LogP contribution in [0.5, 0.6) is 0 Å². The van der Waals surface area contributed by atoms with Crippen LogP contribution < -0.4 is 10.6 Å². The molecule has 0 aliphatic carbocycles. The molecule has 0 aromatic heterocycles. The topological polar surface area (TPSA) is 98.7 Å². The predicted molar refractivity (Wildman–Crippen MR) is 90.0 cm³/mol. The average Bonchev–Trinajstić information content (AvgIpc) is 2.76. The Morgan fingerprint density at radius 3 is 2.25 bits per heavy atom. The van der Waals surface area contributed by atoms with Crippen LogP contribution in [-0.4, -0.2) is 40.9 Å². The highest BCUT2D eigenvalue weighted by Gasteiger charge is 2.30. The summed E-state index contributed by atoms with van der Waals surface area (Å²) in [4.78, 5) is 36.6. The van der Waals surface area contributed by atoms with Crippen molar-refractivity contribution < 1.29 is 19.5 Å². The monoisotopic (exact) mass is 331 g/mol. The van der Waals surface area contributed by atoms with Crippen LogP contribution in [0.1, 0.15) is 20.8 Å². The van der Waals surface area contributed by atoms with Crippen LogP contribution in [-0.2, 0) is 14.4 Å². The van der Waals surface area contributed by atoms with Crippen LogP contribution >= 0.6 is 0 Å². The summed E-state index contributed by atoms with van der Waals surface area (Å²) in [6, 6.07) is 6.82. The van der Waals surface area contributed by atoms with Gasteiger partial charge in [-0.25, -0.2) is 0 Å². The minimum absolute atomic E-state index is 0.0306. The number of hydrogen-bond acceptors (Lipinski definition) is 5. The lowest BCUT2D eigenvalue weighted by atomic mass is 9.95. The molecule has 7 heteroatoms. The predicted octanol–water partition coefficient (Wildman–Crippen LogP) is 1.33. The molecule has 0 bridgehead atoms. The lowest BCUT2D eigenvalue weighted by Crippen LogP contribution is -2.34. The van der Waals surface area contributed by atoms with Gasteiger partial charge in [-0.1, -0.05) is 20.8 Å². The molecule has 0 atom stereocenters. The molecule has 7 nitrogen and oxygen atoms in total. The molecule has 0 saturated carbocycles. The summed E-state index contributed by atoms with van der Waals surface area (Å²) < 4.78 is 0. The molecule has 3 amide bonds. The van der Waals surface area contributed by atoms with E-state index in [-0.39, 0.29) is 24.8 Å². The molecule has 3 N–H and O–H groups in total. The third kappa shape index (κ3) is 3.99. The quantitative estimate of drug-likeness (QED) is 0.707. The second-order valence-corrected chi connectivity index (χ2v) is 6.48. The maximum absolute atomic E-state index is 12.0. The highest BCUT2D eigenvalue weighted by atomic mass is 16.3. The van der Waals surface area contributed by atoms with Gasteiger partial charge < -0.3 is 15.7 Å². The minimum atomic E-state index is -0.492. The Morgan fingerprint density at radius 2 is 1.71 bits per heavy atom. The van der Waals surface area contributed by atoms with Gasteiger partial charge in [0.05, 0.1) is 13.2 Å². The number of carbonyl (C=O) groups excluding carboxylic acids is 3. The molecule has 1 heterocycles. The number of imide groups is 1. The largest absolute Gasteiger partial charge is 0.395 e. The van der Waals surface area contributed by atoms with Crippen molar-refractivity contribution in [1.29, 1.82) is 0 Å². The van der Waals surface area contributed by atoms with Crippen molar-refractivity contribution in [3.8, 4) is 0 Å². The Bertz CT molecular complexity index is 687. The number of carbonyl (C=O) groups is 3. The number of aliphatic hydroxyl groups excluding tert-OH is 1. The van der Waals surface area contributed by atoms with E-state index in [4.69, 9.17) is 5.11 Å². The number of rotatable bonds is 5. The van der Waals surface area contributed by atoms with Crippen molar-refractivity contribution in [1.82, 2.24) is 4.90 Å². The summed E-state index contributed by atoms with van der Waals surface area (Å²) in [5.74, 6) is -1.02. The van der Waals surface area contributed by atoms with E-state index in [0.29, 0.717) is 11.4 Å². The van der Waals surface area contributed by atoms with Gasteiger partial charge in [-0.05, 0) is 24.3 Å². The third-order valence-electron chi connectivity index (χ3n) is 3.44. The number of nitrogens with one attached hydrogen (secondary N) is 2. The summed E-state index contributed by atoms with van der Waals surface area (Å²) in [5, 5.41) is 14.6. The Morgan fingerprint density at radius 1 is 1.12 bits per heavy atom. The van der Waals surface area contributed by atoms with Crippen molar-refractivity contribution in [2.75, 3.05) is 23.8 Å². The van der Waals surface area contributed by atoms with E-state index in [9.17, 15) is 14.4 Å². The molecule has 0 unspecified atom stereocenters. The second-order valence-electron chi connectivity index (χ2n) is 6.48. The minimum Gasteiger partial charge on any atom is -0.395 e. The SMILES string of the molecule is CC(C)(C)C(=O)Nc1ccc(NC2=CC(=O)N(CCO)C2=O)cc1. The first-order chi connectivity index (χ1) is 11.2. The van der Waals surface area contributed by atoms with Gasteiger partial charge in [-0.15, -0.1) is 0 Å². The van der Waals surface area contributed by atoms with Crippen molar-refractivity contribution in [3.63, 3.8) is 0 Å². The number of benzene rings is 1. The number of amides is 3. The van der Waals surface area contributed by atoms with Crippen LogP contribution in [0.3, 0.4) is 0 Å². The fourth-order valence-electron chi connectivity index (χ4n) is 2.02. The zero-order chi connectivity index (χ0) is 17.9. The zero-order valence-corrected chi connectivity index (χ0v) is 13.9. The first-order valence-corrected chi connectivity index (χ1v) is 7.59. The van der Waals surface area contributed by atoms with E-state index in [2.05, 4.69) is 10.6 Å². The van der Waals surface area contributed by atoms with Crippen molar-refractivity contribution in [2.24, 2.45) is 5.41 Å². The van der Waals surface area contributed by atoms with Gasteiger partial charge in [-0.2, -0.15) is 0 Å². The molecule has 2 rings (SSSR count). The van der Waals surface area contributed by atoms with Gasteiger partial charge in [0, 0.05) is 22.9 Å². The van der Waals surface area contributed by atoms with E-state index >= 15 is 0 Å². The van der Waals surface area contributed by atoms with Crippen LogP contribution in [0.2, 0.25) is 0 Å². The second kappa shape index (κ2) is 6.84. The van der Waals surface area contributed by atoms with Gasteiger partial charge in [-0.3, -0.25) is 19.3 Å². The first-order valence-electron chi connectivity index (χ1n) is 7.59. The molecule has 0 spiro atoms. The van der Waals surface area contributed by atoms with Crippen LogP contribution in [0, 0.1) is 5.41 Å². The maximum atomic E-state index is 12.0. The van der Waals surface area contributed by atoms with E-state index in [0.717, 1.165) is 4.90 Å². The third-order valence-corrected chi connectivity index (χ3v) is 3.44. The van der Waals surface area contributed by atoms with Crippen LogP contribution in [0.25, 0.3) is 0 Å². The Labute approximate surface area is 140 Å². The summed E-state index contributed by atoms with van der Waals surface area (Å²) in [6.45, 7) is 5.17. The van der Waals surface area contributed by atoms with Crippen LogP contribution in [0.15, 0.2) is 36.0 Å². The molecular weight excluding hydrogens is 310 g/mol. The van der Waals surface area contributed by atoms with Crippen LogP contribution in [0.4, 0.5) is 11.4 Å². The highest BCUT2D eigenvalue weighted by Crippen LogP contribution is 2.21. The summed E-state index contributed by atoms with van der Waals surface area (Å²) >= 11 is 0. The molecule has 0 saturated heterocycles. The standard InChI is InChI=1S/C17H21N3O4/c1-17(2,3)16(24)19-12-6-4-11(5-7-12)18-13-10-14(22)20(8-9-21)15(13)23/h4-7,10,18,21H,8-9H2,1-3H3,(H,19,24). The van der Waals surface area contributed by atoms with Gasteiger partial charge in [0.15, 0.2) is 0 Å². The van der Waals surface area contributed by atoms with Gasteiger partial charge in [0.25, 0.3) is 11.8 Å². The normalized spacial score (nSPS) is 14.7. The molecule has 24 heavy (non-hydrogen) atoms. The Hall–Kier alpha value is -2.67. The Kier molecular flexibility index (Phi) is 5.04. The van der Waals surface area contributed by atoms with E-state index in [1.54, 1.807) is 24.3 Å². The number of β-amino-alcohol motifs (C(OH)–C–C–N with tert-alkyl or cyclic N) is 1. The first kappa shape index (κ1) is 17.7. The number of hydrogen-bond donors (Lipinski definition) is 3. The number of aliphatic hydroxyl groups is 1. The smallest absolute Gasteiger partial charge is 0.277 e. The maximum Gasteiger partial charge on any atom is 0.277 e. The number of nitrogens with zero attached hydrogens (tertiary/aromatic N) is 1. The Balaban J connectivity index is 2.02. The van der Waals surface area contributed by atoms with E-state index in [1.165, 1.54) is 6.08 Å². The molecule has 1 aromatic rings. The van der Waals surface area contributed by atoms with Gasteiger partial charge >= 0.3 is 0 Å². The summed E-state index contributed by atoms with van der Waals surface area (Å²) in [7, 11) is 0. The molecule has 0 fully saturated rings. The molecule has 128 valence electrons.